The maximum absolute atomic E-state index is 12.7. The van der Waals surface area contributed by atoms with E-state index in [4.69, 9.17) is 19.7 Å². The summed E-state index contributed by atoms with van der Waals surface area (Å²) in [5.41, 5.74) is 1.46. The van der Waals surface area contributed by atoms with Crippen molar-refractivity contribution >= 4 is 53.9 Å². The molecule has 0 aromatic rings. The number of carbonyl (C=O) groups excluding carboxylic acids is 4. The summed E-state index contributed by atoms with van der Waals surface area (Å²) in [4.78, 5) is 53.7. The molecule has 2 N–H and O–H groups in total. The predicted octanol–water partition coefficient (Wildman–Crippen LogP) is 4.58. The molecule has 13 heteroatoms. The van der Waals surface area contributed by atoms with Crippen LogP contribution in [0.3, 0.4) is 0 Å². The molecule has 1 fully saturated rings. The van der Waals surface area contributed by atoms with Gasteiger partial charge in [0.05, 0.1) is 12.1 Å². The molecular weight excluding hydrogens is 615 g/mol. The van der Waals surface area contributed by atoms with E-state index in [9.17, 15) is 24.3 Å². The second-order valence-electron chi connectivity index (χ2n) is 9.61. The second kappa shape index (κ2) is 16.0. The fraction of sp³-hybridized carbons (Fsp3) is 0.538. The van der Waals surface area contributed by atoms with Crippen LogP contribution in [0.15, 0.2) is 41.1 Å². The van der Waals surface area contributed by atoms with Gasteiger partial charge >= 0.3 is 18.1 Å². The number of imide groups is 1. The molecule has 2 aliphatic rings. The van der Waals surface area contributed by atoms with Gasteiger partial charge in [0.2, 0.25) is 5.96 Å². The fourth-order valence-electron chi connectivity index (χ4n) is 2.67. The first kappa shape index (κ1) is 40.2. The first-order chi connectivity index (χ1) is 16.1. The van der Waals surface area contributed by atoms with E-state index < -0.39 is 47.1 Å². The van der Waals surface area contributed by atoms with Crippen molar-refractivity contribution in [3.63, 3.8) is 0 Å². The quantitative estimate of drug-likeness (QED) is 0.112. The molecule has 0 unspecified atom stereocenters. The van der Waals surface area contributed by atoms with Crippen molar-refractivity contribution in [3.05, 3.63) is 41.1 Å². The summed E-state index contributed by atoms with van der Waals surface area (Å²) in [6, 6.07) is 0. The zero-order valence-corrected chi connectivity index (χ0v) is 23.9. The maximum atomic E-state index is 12.7. The van der Waals surface area contributed by atoms with Gasteiger partial charge in [-0.05, 0) is 59.8 Å². The van der Waals surface area contributed by atoms with E-state index in [1.165, 1.54) is 18.2 Å². The van der Waals surface area contributed by atoms with E-state index in [0.29, 0.717) is 10.6 Å². The van der Waals surface area contributed by atoms with E-state index >= 15 is 0 Å². The summed E-state index contributed by atoms with van der Waals surface area (Å²) in [7, 11) is 0. The number of carbonyl (C=O) groups is 4. The van der Waals surface area contributed by atoms with Crippen LogP contribution in [0.5, 0.6) is 0 Å². The molecule has 217 valence electrons. The first-order valence-electron chi connectivity index (χ1n) is 10.7. The van der Waals surface area contributed by atoms with Crippen molar-refractivity contribution in [2.75, 3.05) is 6.54 Å². The van der Waals surface area contributed by atoms with Crippen LogP contribution in [0, 0.1) is 5.41 Å². The van der Waals surface area contributed by atoms with E-state index in [2.05, 4.69) is 11.0 Å². The molecule has 0 atom stereocenters. The molecule has 0 aromatic heterocycles. The number of nitrogens with zero attached hydrogens (tertiary/aromatic N) is 2. The summed E-state index contributed by atoms with van der Waals surface area (Å²) in [5.74, 6) is -2.72. The Labute approximate surface area is 248 Å². The Bertz CT molecular complexity index is 1040. The van der Waals surface area contributed by atoms with Gasteiger partial charge in [0.15, 0.2) is 0 Å². The third-order valence-corrected chi connectivity index (χ3v) is 4.12. The van der Waals surface area contributed by atoms with Gasteiger partial charge in [-0.3, -0.25) is 20.3 Å². The summed E-state index contributed by atoms with van der Waals surface area (Å²) in [6.45, 7) is 9.67. The Hall–Kier alpha value is -3.25. The van der Waals surface area contributed by atoms with Gasteiger partial charge in [0.1, 0.15) is 11.2 Å². The molecule has 1 heterocycles. The number of hydrogen-bond donors (Lipinski definition) is 2. The molecule has 0 spiro atoms. The van der Waals surface area contributed by atoms with Gasteiger partial charge in [-0.15, -0.1) is 10.8 Å². The second-order valence-corrected chi connectivity index (χ2v) is 9.61. The molecule has 0 bridgehead atoms. The van der Waals surface area contributed by atoms with Gasteiger partial charge in [-0.2, -0.15) is 0 Å². The van der Waals surface area contributed by atoms with Crippen LogP contribution in [-0.2, 0) is 29.0 Å². The number of nitrogens with one attached hydrogen (secondary N) is 2. The Morgan fingerprint density at radius 1 is 1.00 bits per heavy atom. The van der Waals surface area contributed by atoms with E-state index in [1.807, 2.05) is 0 Å². The summed E-state index contributed by atoms with van der Waals surface area (Å²) in [6.07, 6.45) is 2.15. The van der Waals surface area contributed by atoms with Crippen molar-refractivity contribution < 1.29 is 38.6 Å². The van der Waals surface area contributed by atoms with E-state index in [-0.39, 0.29) is 71.1 Å². The van der Waals surface area contributed by atoms with E-state index in [1.54, 1.807) is 41.5 Å². The number of ether oxygens (including phenoxy) is 2. The molecule has 0 saturated carbocycles. The van der Waals surface area contributed by atoms with Crippen molar-refractivity contribution in [2.24, 2.45) is 0 Å². The predicted molar refractivity (Wildman–Crippen MR) is 147 cm³/mol. The number of allylic oxidation sites excluding steroid dienone is 2. The number of rotatable bonds is 4. The van der Waals surface area contributed by atoms with Crippen LogP contribution in [0.2, 0.25) is 0 Å². The minimum atomic E-state index is -0.931. The van der Waals surface area contributed by atoms with Crippen molar-refractivity contribution in [1.82, 2.24) is 15.3 Å². The molecule has 12 nitrogen and oxygen atoms in total. The topological polar surface area (TPSA) is 158 Å². The van der Waals surface area contributed by atoms with Crippen molar-refractivity contribution in [3.8, 4) is 0 Å². The fourth-order valence-corrected chi connectivity index (χ4v) is 2.67. The van der Waals surface area contributed by atoms with Crippen LogP contribution >= 0.6 is 0 Å². The minimum absolute atomic E-state index is 0. The average Bonchev–Trinajstić information content (AvgIpc) is 3.01. The van der Waals surface area contributed by atoms with Crippen molar-refractivity contribution in [1.29, 1.82) is 5.41 Å². The third kappa shape index (κ3) is 12.9. The molecule has 5 radical (unpaired) electrons. The Balaban J connectivity index is -0.00000324. The largest absolute Gasteiger partial charge is 0.444 e. The van der Waals surface area contributed by atoms with E-state index in [0.717, 1.165) is 4.90 Å². The molecule has 1 aliphatic heterocycles. The standard InChI is InChI=1S/C23H29N4O8.3CH4.Sn/c1-22(2,3)33-20(31)25-19(24)26(21(32)34-23(4,5)6)13-14-7-9-15(10-8-14)18(30)35-27-16(28)11-12-17(27)29;;;;/h7,9-10H,11-13H2,1-6H3,(H2,24,25,31);3*1H4;. The van der Waals surface area contributed by atoms with Crippen LogP contribution in [0.1, 0.15) is 76.7 Å². The Morgan fingerprint density at radius 2 is 1.51 bits per heavy atom. The van der Waals surface area contributed by atoms with Crippen LogP contribution in [0.25, 0.3) is 0 Å². The molecule has 1 saturated heterocycles. The van der Waals surface area contributed by atoms with Crippen LogP contribution < -0.4 is 5.32 Å². The van der Waals surface area contributed by atoms with Gasteiger partial charge < -0.3 is 14.3 Å². The van der Waals surface area contributed by atoms with Gasteiger partial charge in [-0.25, -0.2) is 19.6 Å². The average molecular weight is 656 g/mol. The smallest absolute Gasteiger partial charge is 0.417 e. The number of guanidine groups is 1. The summed E-state index contributed by atoms with van der Waals surface area (Å²) in [5, 5.41) is 23.1. The van der Waals surface area contributed by atoms with Crippen molar-refractivity contribution in [2.45, 2.75) is 87.9 Å². The Morgan fingerprint density at radius 3 is 1.95 bits per heavy atom. The maximum Gasteiger partial charge on any atom is 0.417 e. The van der Waals surface area contributed by atoms with Gasteiger partial charge in [-0.1, -0.05) is 22.3 Å². The first-order valence-corrected chi connectivity index (χ1v) is 10.7. The monoisotopic (exact) mass is 657 g/mol. The zero-order chi connectivity index (χ0) is 26.6. The summed E-state index contributed by atoms with van der Waals surface area (Å²) < 4.78 is 10.4. The van der Waals surface area contributed by atoms with Crippen LogP contribution in [-0.4, -0.2) is 81.6 Å². The number of alkyl carbamates (subject to hydrolysis) is 1. The molecular formula is C26H41N4O8Sn. The molecule has 39 heavy (non-hydrogen) atoms. The number of hydroxylamine groups is 2. The zero-order valence-electron chi connectivity index (χ0n) is 21.0. The Kier molecular flexibility index (Phi) is 16.5. The molecule has 2 rings (SSSR count). The number of hydrogen-bond acceptors (Lipinski definition) is 8. The third-order valence-electron chi connectivity index (χ3n) is 4.12. The molecule has 1 aliphatic carbocycles. The van der Waals surface area contributed by atoms with Crippen LogP contribution in [0.4, 0.5) is 9.59 Å². The molecule has 4 amide bonds. The van der Waals surface area contributed by atoms with Gasteiger partial charge in [0.25, 0.3) is 11.8 Å². The normalized spacial score (nSPS) is 15.3. The molecule has 0 aromatic carbocycles. The SMILES string of the molecule is C.C.C.CC(C)(C)OC(=O)NC(=N)N(CC1=C=CC(=C([O])ON2C(=O)CCC2=O)C=C1)C(=O)OC(C)(C)C.[Sn]. The number of amides is 4. The minimum Gasteiger partial charge on any atom is -0.444 e. The van der Waals surface area contributed by atoms with Gasteiger partial charge in [0, 0.05) is 42.3 Å². The summed E-state index contributed by atoms with van der Waals surface area (Å²) >= 11 is 0.